The topological polar surface area (TPSA) is 90.3 Å². The number of allylic oxidation sites excluding steroid dienone is 1. The van der Waals surface area contributed by atoms with Crippen molar-refractivity contribution in [2.75, 3.05) is 23.5 Å². The Labute approximate surface area is 249 Å². The standard InChI is InChI=1S/C31H32ClN5O3S/c1-5-15-41-31-35-30-33-20(3)27(29(38)34-24-8-6-7-19(2)16-24)28(37(30)36-31)22-11-14-25(26(17-22)39-4)40-18-21-9-12-23(32)13-10-21/h6-14,16-17,28H,5,15,18H2,1-4H3,(H,34,38)(H,33,35,36). The third-order valence-corrected chi connectivity index (χ3v) is 7.90. The van der Waals surface area contributed by atoms with Gasteiger partial charge >= 0.3 is 0 Å². The Bertz CT molecular complexity index is 1590. The smallest absolute Gasteiger partial charge is 0.255 e. The summed E-state index contributed by atoms with van der Waals surface area (Å²) in [5, 5.41) is 12.5. The summed E-state index contributed by atoms with van der Waals surface area (Å²) in [6, 6.07) is 20.4. The molecule has 10 heteroatoms. The largest absolute Gasteiger partial charge is 0.493 e. The van der Waals surface area contributed by atoms with Crippen molar-refractivity contribution in [2.24, 2.45) is 0 Å². The van der Waals surface area contributed by atoms with E-state index in [0.717, 1.165) is 34.6 Å². The minimum Gasteiger partial charge on any atom is -0.493 e. The predicted octanol–water partition coefficient (Wildman–Crippen LogP) is 7.26. The minimum absolute atomic E-state index is 0.225. The number of hydrogen-bond acceptors (Lipinski definition) is 7. The second-order valence-electron chi connectivity index (χ2n) is 9.73. The molecule has 8 nitrogen and oxygen atoms in total. The van der Waals surface area contributed by atoms with Crippen LogP contribution >= 0.6 is 23.4 Å². The van der Waals surface area contributed by atoms with E-state index in [-0.39, 0.29) is 5.91 Å². The zero-order valence-corrected chi connectivity index (χ0v) is 25.0. The Hall–Kier alpha value is -3.95. The van der Waals surface area contributed by atoms with Crippen LogP contribution in [0.25, 0.3) is 0 Å². The van der Waals surface area contributed by atoms with Crippen molar-refractivity contribution in [3.05, 3.63) is 99.7 Å². The van der Waals surface area contributed by atoms with Crippen LogP contribution < -0.4 is 20.1 Å². The van der Waals surface area contributed by atoms with Crippen LogP contribution in [-0.2, 0) is 11.4 Å². The lowest BCUT2D eigenvalue weighted by Gasteiger charge is -2.29. The molecule has 0 radical (unpaired) electrons. The molecule has 0 saturated heterocycles. The first kappa shape index (κ1) is 28.6. The Balaban J connectivity index is 1.50. The maximum atomic E-state index is 13.8. The molecule has 0 aliphatic carbocycles. The fraction of sp³-hybridized carbons (Fsp3) is 0.258. The van der Waals surface area contributed by atoms with Gasteiger partial charge in [-0.05, 0) is 73.4 Å². The van der Waals surface area contributed by atoms with E-state index in [2.05, 4.69) is 17.6 Å². The number of methoxy groups -OCH3 is 1. The van der Waals surface area contributed by atoms with E-state index >= 15 is 0 Å². The molecule has 0 spiro atoms. The first-order valence-corrected chi connectivity index (χ1v) is 14.7. The first-order chi connectivity index (χ1) is 19.9. The number of benzene rings is 3. The Morgan fingerprint density at radius 2 is 1.90 bits per heavy atom. The highest BCUT2D eigenvalue weighted by molar-refractivity contribution is 7.99. The molecule has 2 heterocycles. The monoisotopic (exact) mass is 589 g/mol. The highest BCUT2D eigenvalue weighted by Crippen LogP contribution is 2.40. The second-order valence-corrected chi connectivity index (χ2v) is 11.2. The molecule has 1 aliphatic rings. The fourth-order valence-corrected chi connectivity index (χ4v) is 5.43. The summed E-state index contributed by atoms with van der Waals surface area (Å²) in [6.07, 6.45) is 1.00. The van der Waals surface area contributed by atoms with Crippen LogP contribution in [0, 0.1) is 6.92 Å². The van der Waals surface area contributed by atoms with E-state index in [1.165, 1.54) is 0 Å². The van der Waals surface area contributed by atoms with Crippen LogP contribution in [0.4, 0.5) is 11.6 Å². The van der Waals surface area contributed by atoms with Crippen molar-refractivity contribution < 1.29 is 14.3 Å². The highest BCUT2D eigenvalue weighted by atomic mass is 35.5. The molecule has 41 heavy (non-hydrogen) atoms. The Kier molecular flexibility index (Phi) is 8.85. The normalized spacial score (nSPS) is 14.3. The van der Waals surface area contributed by atoms with Crippen LogP contribution in [0.15, 0.2) is 83.2 Å². The molecule has 212 valence electrons. The van der Waals surface area contributed by atoms with Gasteiger partial charge in [0.1, 0.15) is 12.6 Å². The van der Waals surface area contributed by atoms with E-state index in [1.54, 1.807) is 23.6 Å². The quantitative estimate of drug-likeness (QED) is 0.188. The molecular formula is C31H32ClN5O3S. The van der Waals surface area contributed by atoms with E-state index in [1.807, 2.05) is 80.6 Å². The lowest BCUT2D eigenvalue weighted by atomic mass is 9.94. The van der Waals surface area contributed by atoms with Crippen molar-refractivity contribution in [3.8, 4) is 11.5 Å². The number of anilines is 2. The van der Waals surface area contributed by atoms with Gasteiger partial charge in [0, 0.05) is 22.2 Å². The summed E-state index contributed by atoms with van der Waals surface area (Å²) in [4.78, 5) is 18.5. The number of rotatable bonds is 10. The van der Waals surface area contributed by atoms with Crippen LogP contribution in [-0.4, -0.2) is 33.5 Å². The molecule has 0 fully saturated rings. The van der Waals surface area contributed by atoms with Crippen molar-refractivity contribution in [1.82, 2.24) is 14.8 Å². The zero-order valence-electron chi connectivity index (χ0n) is 23.4. The Morgan fingerprint density at radius 3 is 2.63 bits per heavy atom. The van der Waals surface area contributed by atoms with Gasteiger partial charge in [0.05, 0.1) is 12.7 Å². The van der Waals surface area contributed by atoms with E-state index < -0.39 is 6.04 Å². The van der Waals surface area contributed by atoms with E-state index in [4.69, 9.17) is 31.2 Å². The van der Waals surface area contributed by atoms with Gasteiger partial charge in [0.15, 0.2) is 11.5 Å². The van der Waals surface area contributed by atoms with Gasteiger partial charge < -0.3 is 20.1 Å². The van der Waals surface area contributed by atoms with Crippen LogP contribution in [0.5, 0.6) is 11.5 Å². The van der Waals surface area contributed by atoms with Crippen molar-refractivity contribution in [3.63, 3.8) is 0 Å². The molecular weight excluding hydrogens is 558 g/mol. The number of aromatic nitrogens is 3. The lowest BCUT2D eigenvalue weighted by Crippen LogP contribution is -2.31. The number of thioether (sulfide) groups is 1. The molecule has 5 rings (SSSR count). The molecule has 1 aliphatic heterocycles. The second kappa shape index (κ2) is 12.7. The van der Waals surface area contributed by atoms with Gasteiger partial charge in [0.25, 0.3) is 5.91 Å². The van der Waals surface area contributed by atoms with Crippen LogP contribution in [0.3, 0.4) is 0 Å². The molecule has 4 aromatic rings. The van der Waals surface area contributed by atoms with Crippen molar-refractivity contribution in [2.45, 2.75) is 45.0 Å². The van der Waals surface area contributed by atoms with E-state index in [9.17, 15) is 4.79 Å². The van der Waals surface area contributed by atoms with Crippen molar-refractivity contribution >= 4 is 40.9 Å². The number of ether oxygens (including phenoxy) is 2. The maximum Gasteiger partial charge on any atom is 0.255 e. The summed E-state index contributed by atoms with van der Waals surface area (Å²) in [5.74, 6) is 2.39. The molecule has 1 unspecified atom stereocenters. The number of fused-ring (bicyclic) bond motifs is 1. The molecule has 2 N–H and O–H groups in total. The van der Waals surface area contributed by atoms with Crippen molar-refractivity contribution in [1.29, 1.82) is 0 Å². The Morgan fingerprint density at radius 1 is 1.10 bits per heavy atom. The molecule has 1 atom stereocenters. The average molecular weight is 590 g/mol. The third kappa shape index (κ3) is 6.52. The maximum absolute atomic E-state index is 13.8. The van der Waals surface area contributed by atoms with Gasteiger partial charge in [-0.2, -0.15) is 4.98 Å². The summed E-state index contributed by atoms with van der Waals surface area (Å²) in [5.41, 5.74) is 4.82. The summed E-state index contributed by atoms with van der Waals surface area (Å²) in [6.45, 7) is 6.35. The number of halogens is 1. The molecule has 0 bridgehead atoms. The van der Waals surface area contributed by atoms with Gasteiger partial charge in [-0.3, -0.25) is 4.79 Å². The van der Waals surface area contributed by atoms with Crippen LogP contribution in [0.1, 0.15) is 43.0 Å². The lowest BCUT2D eigenvalue weighted by molar-refractivity contribution is -0.113. The number of aryl methyl sites for hydroxylation is 1. The number of amides is 1. The molecule has 1 amide bonds. The minimum atomic E-state index is -0.543. The zero-order chi connectivity index (χ0) is 28.9. The summed E-state index contributed by atoms with van der Waals surface area (Å²) in [7, 11) is 1.60. The third-order valence-electron chi connectivity index (χ3n) is 6.60. The number of carbonyl (C=O) groups is 1. The first-order valence-electron chi connectivity index (χ1n) is 13.4. The average Bonchev–Trinajstić information content (AvgIpc) is 3.37. The molecule has 0 saturated carbocycles. The van der Waals surface area contributed by atoms with Gasteiger partial charge in [0.2, 0.25) is 11.1 Å². The summed E-state index contributed by atoms with van der Waals surface area (Å²) < 4.78 is 13.6. The molecule has 3 aromatic carbocycles. The highest BCUT2D eigenvalue weighted by Gasteiger charge is 2.35. The van der Waals surface area contributed by atoms with Gasteiger partial charge in [-0.15, -0.1) is 5.10 Å². The number of carbonyl (C=O) groups excluding carboxylic acids is 1. The van der Waals surface area contributed by atoms with Crippen LogP contribution in [0.2, 0.25) is 5.02 Å². The van der Waals surface area contributed by atoms with E-state index in [0.29, 0.717) is 45.5 Å². The number of nitrogens with one attached hydrogen (secondary N) is 2. The molecule has 1 aromatic heterocycles. The SMILES string of the molecule is CCCSc1nc2n(n1)C(c1ccc(OCc3ccc(Cl)cc3)c(OC)c1)C(C(=O)Nc1cccc(C)c1)=C(C)N2. The van der Waals surface area contributed by atoms with Gasteiger partial charge in [-0.25, -0.2) is 4.68 Å². The van der Waals surface area contributed by atoms with Gasteiger partial charge in [-0.1, -0.05) is 60.6 Å². The number of nitrogens with zero attached hydrogens (tertiary/aromatic N) is 3. The predicted molar refractivity (Wildman–Crippen MR) is 164 cm³/mol. The fourth-order valence-electron chi connectivity index (χ4n) is 4.62. The summed E-state index contributed by atoms with van der Waals surface area (Å²) >= 11 is 7.60. The number of hydrogen-bond donors (Lipinski definition) is 2.